The summed E-state index contributed by atoms with van der Waals surface area (Å²) in [6, 6.07) is 21.7. The van der Waals surface area contributed by atoms with Gasteiger partial charge in [-0.1, -0.05) is 113 Å². The average molecular weight is 381 g/mol. The van der Waals surface area contributed by atoms with Gasteiger partial charge in [0.05, 0.1) is 6.04 Å². The Balaban J connectivity index is 2.22. The molecule has 0 unspecified atom stereocenters. The Morgan fingerprint density at radius 1 is 0.643 bits per heavy atom. The Morgan fingerprint density at radius 2 is 1.11 bits per heavy atom. The molecule has 2 rings (SSSR count). The van der Waals surface area contributed by atoms with E-state index in [0.29, 0.717) is 0 Å². The van der Waals surface area contributed by atoms with Crippen molar-refractivity contribution in [3.8, 4) is 0 Å². The molecule has 0 radical (unpaired) electrons. The van der Waals surface area contributed by atoms with Gasteiger partial charge >= 0.3 is 0 Å². The topological polar surface area (TPSA) is 29.3 Å². The summed E-state index contributed by atoms with van der Waals surface area (Å²) in [6.07, 6.45) is 10.3. The van der Waals surface area contributed by atoms with Crippen LogP contribution in [0.4, 0.5) is 0 Å². The minimum atomic E-state index is -0.0130. The number of hydrogen-bond donors (Lipinski definition) is 1. The van der Waals surface area contributed by atoms with Crippen molar-refractivity contribution < 1.29 is 0 Å². The van der Waals surface area contributed by atoms with Crippen LogP contribution in [-0.4, -0.2) is 18.0 Å². The minimum absolute atomic E-state index is 0.0130. The van der Waals surface area contributed by atoms with Crippen LogP contribution in [-0.2, 0) is 0 Å². The molecule has 2 atom stereocenters. The number of nitrogens with two attached hydrogens (primary N) is 1. The van der Waals surface area contributed by atoms with Crippen molar-refractivity contribution >= 4 is 0 Å². The molecule has 154 valence electrons. The van der Waals surface area contributed by atoms with Gasteiger partial charge in [-0.05, 0) is 37.1 Å². The lowest BCUT2D eigenvalue weighted by Gasteiger charge is -2.36. The highest BCUT2D eigenvalue weighted by molar-refractivity contribution is 5.27. The molecule has 0 heterocycles. The zero-order valence-corrected chi connectivity index (χ0v) is 18.0. The molecule has 2 aromatic rings. The van der Waals surface area contributed by atoms with E-state index in [9.17, 15) is 0 Å². The number of unbranched alkanes of at least 4 members (excludes halogenated alkanes) is 6. The molecule has 2 N–H and O–H groups in total. The minimum Gasteiger partial charge on any atom is -0.322 e. The molecule has 0 bridgehead atoms. The van der Waals surface area contributed by atoms with E-state index >= 15 is 0 Å². The second-order valence-corrected chi connectivity index (χ2v) is 7.95. The van der Waals surface area contributed by atoms with Gasteiger partial charge in [0.2, 0.25) is 0 Å². The van der Waals surface area contributed by atoms with E-state index in [2.05, 4.69) is 79.4 Å². The quantitative estimate of drug-likeness (QED) is 0.361. The standard InChI is InChI=1S/C26H40N2/c1-3-5-7-15-21-28(22-16-8-6-4-2)26(24-19-13-10-14-20-24)25(27)23-17-11-9-12-18-23/h9-14,17-20,25-26H,3-8,15-16,21-22,27H2,1-2H3/t25-,26-/m1/s1. The second kappa shape index (κ2) is 13.5. The Labute approximate surface area is 173 Å². The van der Waals surface area contributed by atoms with Gasteiger partial charge in [0.25, 0.3) is 0 Å². The molecule has 0 spiro atoms. The van der Waals surface area contributed by atoms with Crippen molar-refractivity contribution in [2.24, 2.45) is 5.73 Å². The summed E-state index contributed by atoms with van der Waals surface area (Å²) in [6.45, 7) is 6.82. The maximum atomic E-state index is 6.89. The first-order valence-electron chi connectivity index (χ1n) is 11.4. The second-order valence-electron chi connectivity index (χ2n) is 7.95. The van der Waals surface area contributed by atoms with Gasteiger partial charge in [-0.25, -0.2) is 0 Å². The first-order valence-corrected chi connectivity index (χ1v) is 11.4. The van der Waals surface area contributed by atoms with Crippen molar-refractivity contribution in [3.63, 3.8) is 0 Å². The molecule has 2 nitrogen and oxygen atoms in total. The van der Waals surface area contributed by atoms with Crippen molar-refractivity contribution in [1.82, 2.24) is 4.90 Å². The molecular weight excluding hydrogens is 340 g/mol. The van der Waals surface area contributed by atoms with Crippen LogP contribution in [0.1, 0.15) is 88.4 Å². The SMILES string of the molecule is CCCCCCN(CCCCCC)[C@H](c1ccccc1)[C@H](N)c1ccccc1. The third-order valence-electron chi connectivity index (χ3n) is 5.66. The van der Waals surface area contributed by atoms with E-state index in [-0.39, 0.29) is 12.1 Å². The molecule has 0 saturated carbocycles. The first kappa shape index (κ1) is 22.6. The third-order valence-corrected chi connectivity index (χ3v) is 5.66. The third kappa shape index (κ3) is 7.41. The maximum absolute atomic E-state index is 6.89. The predicted octanol–water partition coefficient (Wildman–Crippen LogP) is 6.89. The largest absolute Gasteiger partial charge is 0.322 e. The summed E-state index contributed by atoms with van der Waals surface area (Å²) in [5.74, 6) is 0. The summed E-state index contributed by atoms with van der Waals surface area (Å²) in [5.41, 5.74) is 9.45. The number of nitrogens with zero attached hydrogens (tertiary/aromatic N) is 1. The molecule has 0 fully saturated rings. The molecule has 2 heteroatoms. The number of benzene rings is 2. The van der Waals surface area contributed by atoms with Gasteiger partial charge < -0.3 is 5.73 Å². The Kier molecular flexibility index (Phi) is 10.9. The molecule has 0 aliphatic carbocycles. The fourth-order valence-electron chi connectivity index (χ4n) is 4.03. The van der Waals surface area contributed by atoms with Crippen LogP contribution >= 0.6 is 0 Å². The van der Waals surface area contributed by atoms with Crippen molar-refractivity contribution in [2.75, 3.05) is 13.1 Å². The zero-order chi connectivity index (χ0) is 20.0. The van der Waals surface area contributed by atoms with Crippen molar-refractivity contribution in [1.29, 1.82) is 0 Å². The predicted molar refractivity (Wildman–Crippen MR) is 122 cm³/mol. The molecular formula is C26H40N2. The monoisotopic (exact) mass is 380 g/mol. The Morgan fingerprint density at radius 3 is 1.57 bits per heavy atom. The van der Waals surface area contributed by atoms with Crippen LogP contribution in [0.15, 0.2) is 60.7 Å². The van der Waals surface area contributed by atoms with E-state index in [1.165, 1.54) is 62.5 Å². The van der Waals surface area contributed by atoms with Crippen LogP contribution in [0.3, 0.4) is 0 Å². The lowest BCUT2D eigenvalue weighted by molar-refractivity contribution is 0.164. The number of rotatable bonds is 14. The van der Waals surface area contributed by atoms with Crippen molar-refractivity contribution in [3.05, 3.63) is 71.8 Å². The molecule has 0 aliphatic heterocycles. The van der Waals surface area contributed by atoms with Crippen LogP contribution in [0.5, 0.6) is 0 Å². The summed E-state index contributed by atoms with van der Waals surface area (Å²) in [5, 5.41) is 0. The molecule has 0 saturated heterocycles. The average Bonchev–Trinajstić information content (AvgIpc) is 2.75. The van der Waals surface area contributed by atoms with Gasteiger partial charge in [0.15, 0.2) is 0 Å². The lowest BCUT2D eigenvalue weighted by Crippen LogP contribution is -2.37. The van der Waals surface area contributed by atoms with Gasteiger partial charge in [-0.2, -0.15) is 0 Å². The molecule has 0 aliphatic rings. The summed E-state index contributed by atoms with van der Waals surface area (Å²) in [7, 11) is 0. The normalized spacial score (nSPS) is 13.6. The highest BCUT2D eigenvalue weighted by atomic mass is 15.2. The summed E-state index contributed by atoms with van der Waals surface area (Å²) in [4.78, 5) is 2.66. The van der Waals surface area contributed by atoms with Crippen LogP contribution in [0.2, 0.25) is 0 Å². The van der Waals surface area contributed by atoms with Crippen LogP contribution < -0.4 is 5.73 Å². The first-order chi connectivity index (χ1) is 13.8. The highest BCUT2D eigenvalue weighted by Gasteiger charge is 2.27. The summed E-state index contributed by atoms with van der Waals surface area (Å²) >= 11 is 0. The van der Waals surface area contributed by atoms with Crippen LogP contribution in [0, 0.1) is 0 Å². The number of hydrogen-bond acceptors (Lipinski definition) is 2. The van der Waals surface area contributed by atoms with E-state index in [0.717, 1.165) is 13.1 Å². The summed E-state index contributed by atoms with van der Waals surface area (Å²) < 4.78 is 0. The van der Waals surface area contributed by atoms with E-state index in [1.807, 2.05) is 0 Å². The van der Waals surface area contributed by atoms with Gasteiger partial charge in [-0.3, -0.25) is 4.90 Å². The molecule has 0 aromatic heterocycles. The fourth-order valence-corrected chi connectivity index (χ4v) is 4.03. The highest BCUT2D eigenvalue weighted by Crippen LogP contribution is 2.33. The maximum Gasteiger partial charge on any atom is 0.0541 e. The fraction of sp³-hybridized carbons (Fsp3) is 0.538. The lowest BCUT2D eigenvalue weighted by atomic mass is 9.92. The molecule has 2 aromatic carbocycles. The van der Waals surface area contributed by atoms with E-state index in [4.69, 9.17) is 5.73 Å². The smallest absolute Gasteiger partial charge is 0.0541 e. The van der Waals surface area contributed by atoms with Crippen LogP contribution in [0.25, 0.3) is 0 Å². The van der Waals surface area contributed by atoms with E-state index < -0.39 is 0 Å². The molecule has 0 amide bonds. The van der Waals surface area contributed by atoms with E-state index in [1.54, 1.807) is 0 Å². The van der Waals surface area contributed by atoms with Gasteiger partial charge in [0.1, 0.15) is 0 Å². The Bertz CT molecular complexity index is 599. The van der Waals surface area contributed by atoms with Crippen molar-refractivity contribution in [2.45, 2.75) is 77.3 Å². The van der Waals surface area contributed by atoms with Gasteiger partial charge in [0, 0.05) is 6.04 Å². The van der Waals surface area contributed by atoms with Gasteiger partial charge in [-0.15, -0.1) is 0 Å². The zero-order valence-electron chi connectivity index (χ0n) is 18.0. The molecule has 28 heavy (non-hydrogen) atoms. The Hall–Kier alpha value is -1.64.